The Bertz CT molecular complexity index is 545. The summed E-state index contributed by atoms with van der Waals surface area (Å²) in [7, 11) is 1.32. The molecule has 5 nitrogen and oxygen atoms in total. The molecule has 1 aliphatic heterocycles. The summed E-state index contributed by atoms with van der Waals surface area (Å²) in [5.74, 6) is -0.947. The predicted octanol–water partition coefficient (Wildman–Crippen LogP) is 1.76. The maximum atomic E-state index is 12.0. The third-order valence-corrected chi connectivity index (χ3v) is 3.67. The Morgan fingerprint density at radius 3 is 2.84 bits per heavy atom. The Balaban J connectivity index is 2.30. The molecule has 1 atom stereocenters. The lowest BCUT2D eigenvalue weighted by molar-refractivity contribution is -0.145. The van der Waals surface area contributed by atoms with Gasteiger partial charge >= 0.3 is 5.97 Å². The van der Waals surface area contributed by atoms with Crippen molar-refractivity contribution >= 4 is 34.9 Å². The van der Waals surface area contributed by atoms with Gasteiger partial charge in [0.05, 0.1) is 24.4 Å². The number of esters is 1. The van der Waals surface area contributed by atoms with Gasteiger partial charge in [0.25, 0.3) is 0 Å². The number of aryl methyl sites for hydroxylation is 1. The largest absolute Gasteiger partial charge is 0.469 e. The molecule has 19 heavy (non-hydrogen) atoms. The summed E-state index contributed by atoms with van der Waals surface area (Å²) in [5, 5.41) is 0.553. The van der Waals surface area contributed by atoms with Crippen molar-refractivity contribution in [3.63, 3.8) is 0 Å². The summed E-state index contributed by atoms with van der Waals surface area (Å²) in [6.45, 7) is 2.13. The second-order valence-corrected chi connectivity index (χ2v) is 5.00. The fraction of sp³-hybridized carbons (Fsp3) is 0.385. The number of ether oxygens (including phenoxy) is 1. The SMILES string of the molecule is COC(=O)C1CC(=O)N(c2cc(C)c(Cl)cc2N)C1. The van der Waals surface area contributed by atoms with Gasteiger partial charge in [-0.25, -0.2) is 0 Å². The fourth-order valence-electron chi connectivity index (χ4n) is 2.18. The molecular weight excluding hydrogens is 268 g/mol. The summed E-state index contributed by atoms with van der Waals surface area (Å²) in [4.78, 5) is 25.0. The number of nitrogens with zero attached hydrogens (tertiary/aromatic N) is 1. The topological polar surface area (TPSA) is 72.6 Å². The third-order valence-electron chi connectivity index (χ3n) is 3.26. The number of carbonyl (C=O) groups excluding carboxylic acids is 2. The second kappa shape index (κ2) is 5.09. The van der Waals surface area contributed by atoms with Gasteiger partial charge < -0.3 is 15.4 Å². The molecule has 1 fully saturated rings. The molecule has 1 aromatic carbocycles. The van der Waals surface area contributed by atoms with E-state index in [1.54, 1.807) is 12.1 Å². The second-order valence-electron chi connectivity index (χ2n) is 4.59. The van der Waals surface area contributed by atoms with Crippen molar-refractivity contribution in [2.45, 2.75) is 13.3 Å². The zero-order valence-electron chi connectivity index (χ0n) is 10.8. The van der Waals surface area contributed by atoms with E-state index in [4.69, 9.17) is 17.3 Å². The minimum absolute atomic E-state index is 0.135. The summed E-state index contributed by atoms with van der Waals surface area (Å²) >= 11 is 5.97. The molecule has 1 amide bonds. The number of nitrogens with two attached hydrogens (primary N) is 1. The van der Waals surface area contributed by atoms with Crippen molar-refractivity contribution < 1.29 is 14.3 Å². The van der Waals surface area contributed by atoms with Crippen molar-refractivity contribution in [3.05, 3.63) is 22.7 Å². The summed E-state index contributed by atoms with van der Waals surface area (Å²) in [5.41, 5.74) is 7.75. The van der Waals surface area contributed by atoms with Gasteiger partial charge in [0.2, 0.25) is 5.91 Å². The molecule has 1 aliphatic rings. The molecule has 0 radical (unpaired) electrons. The molecule has 1 aromatic rings. The molecule has 1 unspecified atom stereocenters. The van der Waals surface area contributed by atoms with E-state index in [0.29, 0.717) is 16.4 Å². The Kier molecular flexibility index (Phi) is 3.66. The Morgan fingerprint density at radius 2 is 2.21 bits per heavy atom. The van der Waals surface area contributed by atoms with E-state index < -0.39 is 5.92 Å². The summed E-state index contributed by atoms with van der Waals surface area (Å²) < 4.78 is 4.67. The lowest BCUT2D eigenvalue weighted by atomic mass is 10.1. The first kappa shape index (κ1) is 13.7. The van der Waals surface area contributed by atoms with Gasteiger partial charge in [0, 0.05) is 18.0 Å². The molecule has 2 N–H and O–H groups in total. The average Bonchev–Trinajstić information content (AvgIpc) is 2.75. The van der Waals surface area contributed by atoms with Gasteiger partial charge in [-0.1, -0.05) is 11.6 Å². The van der Waals surface area contributed by atoms with Crippen LogP contribution in [-0.2, 0) is 14.3 Å². The van der Waals surface area contributed by atoms with E-state index in [2.05, 4.69) is 4.74 Å². The molecular formula is C13H15ClN2O3. The van der Waals surface area contributed by atoms with Crippen LogP contribution in [0.1, 0.15) is 12.0 Å². The van der Waals surface area contributed by atoms with Crippen LogP contribution in [0.4, 0.5) is 11.4 Å². The van der Waals surface area contributed by atoms with Crippen molar-refractivity contribution in [2.24, 2.45) is 5.92 Å². The number of carbonyl (C=O) groups is 2. The predicted molar refractivity (Wildman–Crippen MR) is 73.1 cm³/mol. The number of benzene rings is 1. The smallest absolute Gasteiger partial charge is 0.311 e. The number of methoxy groups -OCH3 is 1. The average molecular weight is 283 g/mol. The van der Waals surface area contributed by atoms with Crippen molar-refractivity contribution in [3.8, 4) is 0 Å². The number of rotatable bonds is 2. The normalized spacial score (nSPS) is 18.8. The van der Waals surface area contributed by atoms with Crippen LogP contribution in [-0.4, -0.2) is 25.5 Å². The van der Waals surface area contributed by atoms with E-state index in [1.807, 2.05) is 6.92 Å². The van der Waals surface area contributed by atoms with Crippen LogP contribution in [0.2, 0.25) is 5.02 Å². The van der Waals surface area contributed by atoms with Gasteiger partial charge in [-0.3, -0.25) is 9.59 Å². The van der Waals surface area contributed by atoms with E-state index >= 15 is 0 Å². The number of nitrogen functional groups attached to an aromatic ring is 1. The molecule has 0 spiro atoms. The minimum atomic E-state index is -0.437. The molecule has 0 saturated carbocycles. The number of anilines is 2. The van der Waals surface area contributed by atoms with Crippen LogP contribution in [0.3, 0.4) is 0 Å². The first-order valence-electron chi connectivity index (χ1n) is 5.88. The zero-order valence-corrected chi connectivity index (χ0v) is 11.5. The van der Waals surface area contributed by atoms with E-state index in [9.17, 15) is 9.59 Å². The van der Waals surface area contributed by atoms with Gasteiger partial charge in [-0.05, 0) is 24.6 Å². The molecule has 2 rings (SSSR count). The fourth-order valence-corrected chi connectivity index (χ4v) is 2.35. The van der Waals surface area contributed by atoms with Gasteiger partial charge in [-0.15, -0.1) is 0 Å². The molecule has 6 heteroatoms. The molecule has 102 valence electrons. The van der Waals surface area contributed by atoms with Crippen LogP contribution in [0, 0.1) is 12.8 Å². The highest BCUT2D eigenvalue weighted by atomic mass is 35.5. The first-order valence-corrected chi connectivity index (χ1v) is 6.25. The maximum Gasteiger partial charge on any atom is 0.311 e. The Hall–Kier alpha value is -1.75. The highest BCUT2D eigenvalue weighted by Gasteiger charge is 2.36. The Labute approximate surface area is 116 Å². The summed E-state index contributed by atoms with van der Waals surface area (Å²) in [6, 6.07) is 3.38. The zero-order chi connectivity index (χ0) is 14.2. The molecule has 0 bridgehead atoms. The van der Waals surface area contributed by atoms with Crippen molar-refractivity contribution in [2.75, 3.05) is 24.3 Å². The number of hydrogen-bond acceptors (Lipinski definition) is 4. The number of hydrogen-bond donors (Lipinski definition) is 1. The van der Waals surface area contributed by atoms with Gasteiger partial charge in [0.15, 0.2) is 0 Å². The quantitative estimate of drug-likeness (QED) is 0.663. The van der Waals surface area contributed by atoms with Crippen molar-refractivity contribution in [1.82, 2.24) is 0 Å². The van der Waals surface area contributed by atoms with Crippen LogP contribution in [0.5, 0.6) is 0 Å². The third kappa shape index (κ3) is 2.51. The van der Waals surface area contributed by atoms with Crippen molar-refractivity contribution in [1.29, 1.82) is 0 Å². The van der Waals surface area contributed by atoms with Crippen LogP contribution in [0.25, 0.3) is 0 Å². The van der Waals surface area contributed by atoms with Crippen LogP contribution >= 0.6 is 11.6 Å². The van der Waals surface area contributed by atoms with Gasteiger partial charge in [0.1, 0.15) is 0 Å². The van der Waals surface area contributed by atoms with Crippen LogP contribution in [0.15, 0.2) is 12.1 Å². The van der Waals surface area contributed by atoms with E-state index in [-0.39, 0.29) is 24.8 Å². The first-order chi connectivity index (χ1) is 8.93. The number of halogens is 1. The standard InChI is InChI=1S/C13H15ClN2O3/c1-7-3-11(10(15)5-9(7)14)16-6-8(4-12(16)17)13(18)19-2/h3,5,8H,4,6,15H2,1-2H3. The lowest BCUT2D eigenvalue weighted by Gasteiger charge is -2.19. The highest BCUT2D eigenvalue weighted by molar-refractivity contribution is 6.31. The highest BCUT2D eigenvalue weighted by Crippen LogP contribution is 2.33. The molecule has 1 saturated heterocycles. The molecule has 0 aliphatic carbocycles. The Morgan fingerprint density at radius 1 is 1.53 bits per heavy atom. The molecule has 0 aromatic heterocycles. The maximum absolute atomic E-state index is 12.0. The monoisotopic (exact) mass is 282 g/mol. The lowest BCUT2D eigenvalue weighted by Crippen LogP contribution is -2.27. The van der Waals surface area contributed by atoms with E-state index in [1.165, 1.54) is 12.0 Å². The van der Waals surface area contributed by atoms with Gasteiger partial charge in [-0.2, -0.15) is 0 Å². The summed E-state index contributed by atoms with van der Waals surface area (Å²) in [6.07, 6.45) is 0.147. The minimum Gasteiger partial charge on any atom is -0.469 e. The van der Waals surface area contributed by atoms with E-state index in [0.717, 1.165) is 5.56 Å². The van der Waals surface area contributed by atoms with Crippen LogP contribution < -0.4 is 10.6 Å². The number of amides is 1. The molecule has 1 heterocycles.